The summed E-state index contributed by atoms with van der Waals surface area (Å²) in [4.78, 5) is 14.4. The van der Waals surface area contributed by atoms with Crippen molar-refractivity contribution in [3.63, 3.8) is 0 Å². The van der Waals surface area contributed by atoms with Crippen molar-refractivity contribution in [3.8, 4) is 6.07 Å². The molecular weight excluding hydrogens is 336 g/mol. The van der Waals surface area contributed by atoms with Crippen molar-refractivity contribution in [2.75, 3.05) is 17.6 Å². The van der Waals surface area contributed by atoms with Gasteiger partial charge >= 0.3 is 0 Å². The largest absolute Gasteiger partial charge is 0.399 e. The monoisotopic (exact) mass is 352 g/mol. The van der Waals surface area contributed by atoms with E-state index in [-0.39, 0.29) is 5.57 Å². The number of nitrogens with one attached hydrogen (secondary N) is 1. The second-order valence-corrected chi connectivity index (χ2v) is 6.24. The van der Waals surface area contributed by atoms with Crippen LogP contribution in [-0.2, 0) is 17.8 Å². The number of nitriles is 1. The minimum atomic E-state index is -0.493. The lowest BCUT2D eigenvalue weighted by Crippen LogP contribution is -2.27. The third-order valence-electron chi connectivity index (χ3n) is 4.08. The molecule has 3 N–H and O–H groups in total. The van der Waals surface area contributed by atoms with Gasteiger partial charge in [0.05, 0.1) is 10.7 Å². The number of rotatable bonds is 3. The Bertz CT molecular complexity index is 885. The molecule has 0 saturated carbocycles. The number of halogens is 1. The Kier molecular flexibility index (Phi) is 4.92. The van der Waals surface area contributed by atoms with Gasteiger partial charge in [0.2, 0.25) is 0 Å². The number of nitrogens with zero attached hydrogens (tertiary/aromatic N) is 2. The Morgan fingerprint density at radius 3 is 2.76 bits per heavy atom. The zero-order chi connectivity index (χ0) is 17.8. The van der Waals surface area contributed by atoms with Crippen LogP contribution in [0.25, 0.3) is 0 Å². The molecule has 2 aromatic rings. The van der Waals surface area contributed by atoms with Crippen molar-refractivity contribution >= 4 is 28.9 Å². The Labute approximate surface area is 151 Å². The minimum absolute atomic E-state index is 0.0345. The van der Waals surface area contributed by atoms with Crippen molar-refractivity contribution in [1.82, 2.24) is 4.90 Å². The number of carbonyl (C=O) groups excluding carboxylic acids is 1. The van der Waals surface area contributed by atoms with Crippen LogP contribution in [0.5, 0.6) is 0 Å². The summed E-state index contributed by atoms with van der Waals surface area (Å²) in [6.45, 7) is 1.44. The fourth-order valence-electron chi connectivity index (χ4n) is 2.77. The van der Waals surface area contributed by atoms with Gasteiger partial charge in [-0.2, -0.15) is 5.26 Å². The molecule has 1 amide bonds. The van der Waals surface area contributed by atoms with Crippen molar-refractivity contribution < 1.29 is 4.79 Å². The molecule has 2 aromatic carbocycles. The van der Waals surface area contributed by atoms with Crippen molar-refractivity contribution in [1.29, 1.82) is 5.26 Å². The van der Waals surface area contributed by atoms with E-state index in [4.69, 9.17) is 17.3 Å². The first-order valence-electron chi connectivity index (χ1n) is 7.86. The molecule has 126 valence electrons. The predicted octanol–water partition coefficient (Wildman–Crippen LogP) is 3.33. The first-order chi connectivity index (χ1) is 12.1. The van der Waals surface area contributed by atoms with Gasteiger partial charge in [0, 0.05) is 25.0 Å². The fraction of sp³-hybridized carbons (Fsp3) is 0.158. The SMILES string of the molecule is N#C/C(=C/N1CCc2ccccc2C1)C(=O)Nc1ccc(N)cc1Cl. The lowest BCUT2D eigenvalue weighted by atomic mass is 10.0. The van der Waals surface area contributed by atoms with Gasteiger partial charge < -0.3 is 16.0 Å². The van der Waals surface area contributed by atoms with Crippen LogP contribution >= 0.6 is 11.6 Å². The van der Waals surface area contributed by atoms with Crippen LogP contribution in [0.2, 0.25) is 5.02 Å². The molecule has 0 saturated heterocycles. The van der Waals surface area contributed by atoms with Crippen molar-refractivity contribution in [2.24, 2.45) is 0 Å². The molecule has 1 aliphatic heterocycles. The average molecular weight is 353 g/mol. The van der Waals surface area contributed by atoms with E-state index < -0.39 is 5.91 Å². The molecule has 0 aliphatic carbocycles. The zero-order valence-corrected chi connectivity index (χ0v) is 14.3. The van der Waals surface area contributed by atoms with E-state index in [1.807, 2.05) is 23.1 Å². The zero-order valence-electron chi connectivity index (χ0n) is 13.5. The maximum absolute atomic E-state index is 12.4. The van der Waals surface area contributed by atoms with E-state index in [1.54, 1.807) is 24.4 Å². The maximum Gasteiger partial charge on any atom is 0.267 e. The third-order valence-corrected chi connectivity index (χ3v) is 4.39. The molecule has 1 heterocycles. The summed E-state index contributed by atoms with van der Waals surface area (Å²) >= 11 is 6.06. The van der Waals surface area contributed by atoms with Crippen molar-refractivity contribution in [2.45, 2.75) is 13.0 Å². The Morgan fingerprint density at radius 2 is 2.04 bits per heavy atom. The molecule has 1 aliphatic rings. The van der Waals surface area contributed by atoms with E-state index in [2.05, 4.69) is 17.4 Å². The van der Waals surface area contributed by atoms with Gasteiger partial charge in [0.1, 0.15) is 11.6 Å². The van der Waals surface area contributed by atoms with Crippen LogP contribution in [0.1, 0.15) is 11.1 Å². The number of anilines is 2. The number of nitrogen functional groups attached to an aromatic ring is 1. The number of hydrogen-bond acceptors (Lipinski definition) is 4. The number of hydrogen-bond donors (Lipinski definition) is 2. The Balaban J connectivity index is 1.75. The Morgan fingerprint density at radius 1 is 1.28 bits per heavy atom. The van der Waals surface area contributed by atoms with Crippen LogP contribution in [0.4, 0.5) is 11.4 Å². The topological polar surface area (TPSA) is 82.2 Å². The molecule has 0 fully saturated rings. The van der Waals surface area contributed by atoms with Crippen LogP contribution < -0.4 is 11.1 Å². The van der Waals surface area contributed by atoms with Crippen LogP contribution in [-0.4, -0.2) is 17.4 Å². The molecule has 0 unspecified atom stereocenters. The standard InChI is InChI=1S/C19H17ClN4O/c20-17-9-16(22)5-6-18(17)23-19(25)15(10-21)12-24-8-7-13-3-1-2-4-14(13)11-24/h1-6,9,12H,7-8,11,22H2,(H,23,25)/b15-12-. The summed E-state index contributed by atoms with van der Waals surface area (Å²) < 4.78 is 0. The number of carbonyl (C=O) groups is 1. The van der Waals surface area contributed by atoms with E-state index in [9.17, 15) is 10.1 Å². The normalized spacial score (nSPS) is 13.8. The molecule has 0 bridgehead atoms. The highest BCUT2D eigenvalue weighted by Crippen LogP contribution is 2.25. The van der Waals surface area contributed by atoms with Gasteiger partial charge in [0.15, 0.2) is 0 Å². The van der Waals surface area contributed by atoms with E-state index in [0.29, 0.717) is 22.9 Å². The maximum atomic E-state index is 12.4. The number of fused-ring (bicyclic) bond motifs is 1. The number of amides is 1. The molecule has 0 aromatic heterocycles. The third kappa shape index (κ3) is 3.93. The van der Waals surface area contributed by atoms with E-state index in [0.717, 1.165) is 13.0 Å². The van der Waals surface area contributed by atoms with Crippen LogP contribution in [0, 0.1) is 11.3 Å². The second kappa shape index (κ2) is 7.29. The van der Waals surface area contributed by atoms with Crippen molar-refractivity contribution in [3.05, 3.63) is 70.4 Å². The summed E-state index contributed by atoms with van der Waals surface area (Å²) in [6, 6.07) is 15.0. The highest BCUT2D eigenvalue weighted by atomic mass is 35.5. The van der Waals surface area contributed by atoms with Crippen LogP contribution in [0.3, 0.4) is 0 Å². The molecule has 3 rings (SSSR count). The van der Waals surface area contributed by atoms with Gasteiger partial charge in [-0.25, -0.2) is 0 Å². The molecule has 6 heteroatoms. The average Bonchev–Trinajstić information content (AvgIpc) is 2.61. The van der Waals surface area contributed by atoms with Gasteiger partial charge in [-0.05, 0) is 35.7 Å². The van der Waals surface area contributed by atoms with E-state index >= 15 is 0 Å². The summed E-state index contributed by atoms with van der Waals surface area (Å²) in [5, 5.41) is 12.3. The second-order valence-electron chi connectivity index (χ2n) is 5.84. The molecule has 0 atom stereocenters. The van der Waals surface area contributed by atoms with Crippen LogP contribution in [0.15, 0.2) is 54.2 Å². The first kappa shape index (κ1) is 16.9. The quantitative estimate of drug-likeness (QED) is 0.504. The minimum Gasteiger partial charge on any atom is -0.399 e. The van der Waals surface area contributed by atoms with Gasteiger partial charge in [0.25, 0.3) is 5.91 Å². The first-order valence-corrected chi connectivity index (χ1v) is 8.24. The van der Waals surface area contributed by atoms with Gasteiger partial charge in [-0.3, -0.25) is 4.79 Å². The summed E-state index contributed by atoms with van der Waals surface area (Å²) in [5.41, 5.74) is 9.12. The molecule has 25 heavy (non-hydrogen) atoms. The predicted molar refractivity (Wildman–Crippen MR) is 98.7 cm³/mol. The lowest BCUT2D eigenvalue weighted by Gasteiger charge is -2.27. The number of nitrogens with two attached hydrogens (primary N) is 1. The molecular formula is C19H17ClN4O. The summed E-state index contributed by atoms with van der Waals surface area (Å²) in [7, 11) is 0. The fourth-order valence-corrected chi connectivity index (χ4v) is 3.01. The Hall–Kier alpha value is -2.97. The van der Waals surface area contributed by atoms with E-state index in [1.165, 1.54) is 11.1 Å². The molecule has 0 radical (unpaired) electrons. The molecule has 5 nitrogen and oxygen atoms in total. The lowest BCUT2D eigenvalue weighted by molar-refractivity contribution is -0.112. The summed E-state index contributed by atoms with van der Waals surface area (Å²) in [5.74, 6) is -0.493. The highest BCUT2D eigenvalue weighted by Gasteiger charge is 2.17. The summed E-state index contributed by atoms with van der Waals surface area (Å²) in [6.07, 6.45) is 2.49. The number of benzene rings is 2. The molecule has 0 spiro atoms. The smallest absolute Gasteiger partial charge is 0.267 e. The highest BCUT2D eigenvalue weighted by molar-refractivity contribution is 6.34. The van der Waals surface area contributed by atoms with Gasteiger partial charge in [-0.1, -0.05) is 35.9 Å². The van der Waals surface area contributed by atoms with Gasteiger partial charge in [-0.15, -0.1) is 0 Å².